The Morgan fingerprint density at radius 1 is 1.04 bits per heavy atom. The van der Waals surface area contributed by atoms with Gasteiger partial charge in [-0.1, -0.05) is 31.9 Å². The lowest BCUT2D eigenvalue weighted by molar-refractivity contribution is 0.102. The molecule has 2 aromatic carbocycles. The van der Waals surface area contributed by atoms with Gasteiger partial charge in [-0.15, -0.1) is 0 Å². The number of halogens is 1. The molecule has 7 heteroatoms. The van der Waals surface area contributed by atoms with E-state index in [1.54, 1.807) is 12.1 Å². The van der Waals surface area contributed by atoms with Gasteiger partial charge in [-0.2, -0.15) is 4.31 Å². The molecular formula is C21H25FN2O3S. The predicted octanol–water partition coefficient (Wildman–Crippen LogP) is 4.21. The summed E-state index contributed by atoms with van der Waals surface area (Å²) in [5.41, 5.74) is 1.85. The molecule has 1 aliphatic rings. The molecule has 1 fully saturated rings. The largest absolute Gasteiger partial charge is 0.322 e. The van der Waals surface area contributed by atoms with Crippen LogP contribution in [0.5, 0.6) is 0 Å². The second-order valence-electron chi connectivity index (χ2n) is 6.97. The Kier molecular flexibility index (Phi) is 6.46. The Labute approximate surface area is 165 Å². The minimum absolute atomic E-state index is 0.106. The summed E-state index contributed by atoms with van der Waals surface area (Å²) < 4.78 is 41.5. The van der Waals surface area contributed by atoms with Crippen LogP contribution in [0.1, 0.15) is 48.5 Å². The molecule has 1 heterocycles. The number of carbonyl (C=O) groups excluding carboxylic acids is 1. The fourth-order valence-corrected chi connectivity index (χ4v) is 4.90. The molecule has 0 saturated carbocycles. The summed E-state index contributed by atoms with van der Waals surface area (Å²) in [5, 5.41) is 2.73. The first-order valence-electron chi connectivity index (χ1n) is 9.62. The minimum Gasteiger partial charge on any atom is -0.322 e. The number of anilines is 1. The first kappa shape index (κ1) is 20.5. The van der Waals surface area contributed by atoms with Crippen molar-refractivity contribution in [3.63, 3.8) is 0 Å². The Balaban J connectivity index is 1.84. The second kappa shape index (κ2) is 8.84. The highest BCUT2D eigenvalue weighted by Crippen LogP contribution is 2.24. The zero-order valence-electron chi connectivity index (χ0n) is 15.9. The number of amides is 1. The summed E-state index contributed by atoms with van der Waals surface area (Å²) >= 11 is 0. The summed E-state index contributed by atoms with van der Waals surface area (Å²) in [7, 11) is -3.98. The third kappa shape index (κ3) is 4.59. The molecule has 5 nitrogen and oxygen atoms in total. The lowest BCUT2D eigenvalue weighted by atomic mass is 10.1. The van der Waals surface area contributed by atoms with Crippen molar-refractivity contribution in [3.05, 3.63) is 59.4 Å². The third-order valence-corrected chi connectivity index (χ3v) is 6.91. The smallest absolute Gasteiger partial charge is 0.255 e. The van der Waals surface area contributed by atoms with E-state index in [0.29, 0.717) is 18.8 Å². The van der Waals surface area contributed by atoms with E-state index in [4.69, 9.17) is 0 Å². The lowest BCUT2D eigenvalue weighted by Gasteiger charge is -2.20. The number of nitrogens with one attached hydrogen (secondary N) is 1. The summed E-state index contributed by atoms with van der Waals surface area (Å²) in [6, 6.07) is 10.9. The highest BCUT2D eigenvalue weighted by atomic mass is 32.2. The van der Waals surface area contributed by atoms with Gasteiger partial charge >= 0.3 is 0 Å². The summed E-state index contributed by atoms with van der Waals surface area (Å²) in [4.78, 5) is 12.1. The minimum atomic E-state index is -3.98. The van der Waals surface area contributed by atoms with E-state index in [9.17, 15) is 17.6 Å². The first-order chi connectivity index (χ1) is 13.4. The number of carbonyl (C=O) groups is 1. The van der Waals surface area contributed by atoms with E-state index in [0.717, 1.165) is 49.8 Å². The van der Waals surface area contributed by atoms with Crippen LogP contribution in [0.4, 0.5) is 10.1 Å². The van der Waals surface area contributed by atoms with Crippen LogP contribution in [0.3, 0.4) is 0 Å². The van der Waals surface area contributed by atoms with Crippen molar-refractivity contribution in [3.8, 4) is 0 Å². The van der Waals surface area contributed by atoms with E-state index in [2.05, 4.69) is 5.32 Å². The quantitative estimate of drug-likeness (QED) is 0.812. The van der Waals surface area contributed by atoms with Gasteiger partial charge in [0.2, 0.25) is 10.0 Å². The second-order valence-corrected chi connectivity index (χ2v) is 8.87. The number of rotatable bonds is 5. The molecule has 0 aromatic heterocycles. The molecule has 150 valence electrons. The van der Waals surface area contributed by atoms with Crippen molar-refractivity contribution in [1.29, 1.82) is 0 Å². The normalized spacial score (nSPS) is 15.8. The van der Waals surface area contributed by atoms with Crippen molar-refractivity contribution in [2.45, 2.75) is 43.9 Å². The number of nitrogens with zero attached hydrogens (tertiary/aromatic N) is 1. The van der Waals surface area contributed by atoms with Crippen LogP contribution < -0.4 is 5.32 Å². The standard InChI is InChI=1S/C21H25FN2O3S/c1-2-16-7-10-18(11-8-16)23-21(25)17-9-12-19(22)20(15-17)28(26,27)24-13-5-3-4-6-14-24/h7-12,15H,2-6,13-14H2,1H3,(H,23,25). The molecule has 3 rings (SSSR count). The summed E-state index contributed by atoms with van der Waals surface area (Å²) in [6.45, 7) is 2.79. The Morgan fingerprint density at radius 3 is 2.29 bits per heavy atom. The van der Waals surface area contributed by atoms with Gasteiger partial charge in [0.05, 0.1) is 0 Å². The van der Waals surface area contributed by atoms with Crippen molar-refractivity contribution in [1.82, 2.24) is 4.31 Å². The Hall–Kier alpha value is -2.25. The van der Waals surface area contributed by atoms with Crippen molar-refractivity contribution < 1.29 is 17.6 Å². The average molecular weight is 405 g/mol. The van der Waals surface area contributed by atoms with Crippen molar-refractivity contribution >= 4 is 21.6 Å². The van der Waals surface area contributed by atoms with Crippen LogP contribution in [-0.4, -0.2) is 31.7 Å². The summed E-state index contributed by atoms with van der Waals surface area (Å²) in [5.74, 6) is -1.32. The molecular weight excluding hydrogens is 379 g/mol. The molecule has 1 amide bonds. The number of benzene rings is 2. The SMILES string of the molecule is CCc1ccc(NC(=O)c2ccc(F)c(S(=O)(=O)N3CCCCCC3)c2)cc1. The van der Waals surface area contributed by atoms with Gasteiger partial charge in [-0.25, -0.2) is 12.8 Å². The van der Waals surface area contributed by atoms with Gasteiger partial charge < -0.3 is 5.32 Å². The lowest BCUT2D eigenvalue weighted by Crippen LogP contribution is -2.32. The van der Waals surface area contributed by atoms with Crippen LogP contribution in [-0.2, 0) is 16.4 Å². The van der Waals surface area contributed by atoms with Gasteiger partial charge in [0.1, 0.15) is 10.7 Å². The van der Waals surface area contributed by atoms with E-state index in [1.165, 1.54) is 10.4 Å². The van der Waals surface area contributed by atoms with Crippen LogP contribution >= 0.6 is 0 Å². The van der Waals surface area contributed by atoms with E-state index >= 15 is 0 Å². The highest BCUT2D eigenvalue weighted by molar-refractivity contribution is 7.89. The van der Waals surface area contributed by atoms with Crippen LogP contribution in [0, 0.1) is 5.82 Å². The molecule has 0 bridgehead atoms. The molecule has 1 aliphatic heterocycles. The number of hydrogen-bond acceptors (Lipinski definition) is 3. The van der Waals surface area contributed by atoms with Gasteiger partial charge in [0.25, 0.3) is 5.91 Å². The fourth-order valence-electron chi connectivity index (χ4n) is 3.29. The molecule has 0 radical (unpaired) electrons. The van der Waals surface area contributed by atoms with Crippen molar-refractivity contribution in [2.24, 2.45) is 0 Å². The molecule has 0 spiro atoms. The number of sulfonamides is 1. The monoisotopic (exact) mass is 404 g/mol. The summed E-state index contributed by atoms with van der Waals surface area (Å²) in [6.07, 6.45) is 4.34. The molecule has 0 unspecified atom stereocenters. The molecule has 0 aliphatic carbocycles. The molecule has 1 N–H and O–H groups in total. The van der Waals surface area contributed by atoms with Gasteiger partial charge in [-0.05, 0) is 55.2 Å². The average Bonchev–Trinajstić information content (AvgIpc) is 2.99. The van der Waals surface area contributed by atoms with E-state index in [1.807, 2.05) is 19.1 Å². The van der Waals surface area contributed by atoms with Crippen LogP contribution in [0.2, 0.25) is 0 Å². The van der Waals surface area contributed by atoms with Gasteiger partial charge in [-0.3, -0.25) is 4.79 Å². The maximum absolute atomic E-state index is 14.4. The maximum atomic E-state index is 14.4. The molecule has 2 aromatic rings. The maximum Gasteiger partial charge on any atom is 0.255 e. The number of hydrogen-bond donors (Lipinski definition) is 1. The first-order valence-corrected chi connectivity index (χ1v) is 11.1. The van der Waals surface area contributed by atoms with Crippen LogP contribution in [0.15, 0.2) is 47.4 Å². The molecule has 1 saturated heterocycles. The Morgan fingerprint density at radius 2 is 1.68 bits per heavy atom. The topological polar surface area (TPSA) is 66.5 Å². The highest BCUT2D eigenvalue weighted by Gasteiger charge is 2.28. The Bertz CT molecular complexity index is 935. The zero-order valence-corrected chi connectivity index (χ0v) is 16.8. The van der Waals surface area contributed by atoms with E-state index in [-0.39, 0.29) is 5.56 Å². The van der Waals surface area contributed by atoms with E-state index < -0.39 is 26.6 Å². The number of aryl methyl sites for hydroxylation is 1. The van der Waals surface area contributed by atoms with Crippen LogP contribution in [0.25, 0.3) is 0 Å². The third-order valence-electron chi connectivity index (χ3n) is 5.00. The fraction of sp³-hybridized carbons (Fsp3) is 0.381. The van der Waals surface area contributed by atoms with Gasteiger partial charge in [0.15, 0.2) is 0 Å². The molecule has 28 heavy (non-hydrogen) atoms. The zero-order chi connectivity index (χ0) is 20.1. The van der Waals surface area contributed by atoms with Crippen molar-refractivity contribution in [2.75, 3.05) is 18.4 Å². The predicted molar refractivity (Wildman–Crippen MR) is 107 cm³/mol. The van der Waals surface area contributed by atoms with Gasteiger partial charge in [0, 0.05) is 24.3 Å². The molecule has 0 atom stereocenters.